The van der Waals surface area contributed by atoms with E-state index < -0.39 is 10.0 Å². The predicted molar refractivity (Wildman–Crippen MR) is 121 cm³/mol. The Kier molecular flexibility index (Phi) is 6.38. The molecule has 1 saturated heterocycles. The molecule has 3 aromatic rings. The Morgan fingerprint density at radius 2 is 1.70 bits per heavy atom. The van der Waals surface area contributed by atoms with Crippen molar-refractivity contribution in [1.29, 1.82) is 0 Å². The van der Waals surface area contributed by atoms with Crippen LogP contribution in [0.1, 0.15) is 25.9 Å². The summed E-state index contributed by atoms with van der Waals surface area (Å²) in [6.07, 6.45) is 1.44. The number of nitrogens with one attached hydrogen (secondary N) is 1. The number of sulfonamides is 1. The molecule has 33 heavy (non-hydrogen) atoms. The van der Waals surface area contributed by atoms with E-state index in [9.17, 15) is 18.0 Å². The monoisotopic (exact) mass is 490 g/mol. The Morgan fingerprint density at radius 1 is 1.06 bits per heavy atom. The Hall–Kier alpha value is -3.38. The lowest BCUT2D eigenvalue weighted by molar-refractivity contribution is 0.0520. The highest BCUT2D eigenvalue weighted by Crippen LogP contribution is 2.27. The molecule has 0 atom stereocenters. The lowest BCUT2D eigenvalue weighted by Gasteiger charge is -2.34. The Balaban J connectivity index is 1.41. The van der Waals surface area contributed by atoms with E-state index in [1.54, 1.807) is 41.0 Å². The maximum atomic E-state index is 13.0. The summed E-state index contributed by atoms with van der Waals surface area (Å²) in [5.74, 6) is 0.348. The van der Waals surface area contributed by atoms with Gasteiger partial charge in [-0.1, -0.05) is 11.3 Å². The molecule has 0 unspecified atom stereocenters. The van der Waals surface area contributed by atoms with Crippen LogP contribution < -0.4 is 9.46 Å². The number of benzene rings is 1. The summed E-state index contributed by atoms with van der Waals surface area (Å²) in [5.41, 5.74) is 0.437. The number of carbonyl (C=O) groups is 2. The number of ether oxygens (including phenoxy) is 1. The van der Waals surface area contributed by atoms with Crippen molar-refractivity contribution in [3.63, 3.8) is 0 Å². The highest BCUT2D eigenvalue weighted by molar-refractivity contribution is 7.93. The first kappa shape index (κ1) is 22.8. The number of hydrogen-bond donors (Lipinski definition) is 1. The number of thiazole rings is 1. The van der Waals surface area contributed by atoms with Crippen molar-refractivity contribution < 1.29 is 27.2 Å². The van der Waals surface area contributed by atoms with Gasteiger partial charge in [-0.05, 0) is 43.3 Å². The van der Waals surface area contributed by atoms with Crippen LogP contribution in [0.5, 0.6) is 5.75 Å². The molecule has 1 N–H and O–H groups in total. The summed E-state index contributed by atoms with van der Waals surface area (Å²) in [5, 5.41) is 0.110. The van der Waals surface area contributed by atoms with E-state index in [-0.39, 0.29) is 27.6 Å². The SMILES string of the molecule is COc1ccc(S(=O)(=O)Nc2nc(C)c(C(=O)N3CCN(C(=O)c4ccco4)CC3)s2)cc1. The summed E-state index contributed by atoms with van der Waals surface area (Å²) in [6.45, 7) is 3.12. The summed E-state index contributed by atoms with van der Waals surface area (Å²) in [4.78, 5) is 33.3. The van der Waals surface area contributed by atoms with E-state index >= 15 is 0 Å². The quantitative estimate of drug-likeness (QED) is 0.563. The predicted octanol–water partition coefficient (Wildman–Crippen LogP) is 2.45. The van der Waals surface area contributed by atoms with Crippen LogP contribution in [0.4, 0.5) is 5.13 Å². The molecular weight excluding hydrogens is 468 g/mol. The third-order valence-electron chi connectivity index (χ3n) is 5.17. The van der Waals surface area contributed by atoms with Crippen molar-refractivity contribution in [2.24, 2.45) is 0 Å². The second kappa shape index (κ2) is 9.24. The van der Waals surface area contributed by atoms with Crippen LogP contribution >= 0.6 is 11.3 Å². The zero-order valence-electron chi connectivity index (χ0n) is 18.0. The first-order valence-corrected chi connectivity index (χ1v) is 12.3. The number of rotatable bonds is 6. The molecule has 2 aromatic heterocycles. The van der Waals surface area contributed by atoms with Crippen molar-refractivity contribution >= 4 is 38.3 Å². The summed E-state index contributed by atoms with van der Waals surface area (Å²) in [6, 6.07) is 9.21. The molecule has 1 aliphatic rings. The fraction of sp³-hybridized carbons (Fsp3) is 0.286. The fourth-order valence-corrected chi connectivity index (χ4v) is 5.55. The number of carbonyl (C=O) groups excluding carboxylic acids is 2. The highest BCUT2D eigenvalue weighted by atomic mass is 32.2. The van der Waals surface area contributed by atoms with Crippen molar-refractivity contribution in [3.05, 3.63) is 59.0 Å². The van der Waals surface area contributed by atoms with E-state index in [4.69, 9.17) is 9.15 Å². The van der Waals surface area contributed by atoms with E-state index in [0.717, 1.165) is 11.3 Å². The minimum absolute atomic E-state index is 0.0568. The maximum Gasteiger partial charge on any atom is 0.289 e. The average Bonchev–Trinajstić information content (AvgIpc) is 3.48. The molecule has 174 valence electrons. The van der Waals surface area contributed by atoms with Gasteiger partial charge in [-0.2, -0.15) is 0 Å². The Labute approximate surface area is 194 Å². The molecule has 0 spiro atoms. The van der Waals surface area contributed by atoms with Gasteiger partial charge in [0.05, 0.1) is 24.0 Å². The lowest BCUT2D eigenvalue weighted by Crippen LogP contribution is -2.50. The standard InChI is InChI=1S/C21H22N4O6S2/c1-14-18(20(27)25-11-9-24(10-12-25)19(26)17-4-3-13-31-17)32-21(22-14)23-33(28,29)16-7-5-15(30-2)6-8-16/h3-8,13H,9-12H2,1-2H3,(H,22,23). The van der Waals surface area contributed by atoms with Crippen molar-refractivity contribution in [3.8, 4) is 5.75 Å². The number of anilines is 1. The van der Waals surface area contributed by atoms with Gasteiger partial charge in [0.2, 0.25) is 0 Å². The normalized spacial score (nSPS) is 14.2. The molecule has 0 saturated carbocycles. The zero-order chi connectivity index (χ0) is 23.6. The first-order chi connectivity index (χ1) is 15.8. The van der Waals surface area contributed by atoms with E-state index in [2.05, 4.69) is 9.71 Å². The van der Waals surface area contributed by atoms with Crippen LogP contribution in [-0.2, 0) is 10.0 Å². The molecule has 0 aliphatic carbocycles. The first-order valence-electron chi connectivity index (χ1n) is 10.0. The molecule has 2 amide bonds. The van der Waals surface area contributed by atoms with Gasteiger partial charge >= 0.3 is 0 Å². The zero-order valence-corrected chi connectivity index (χ0v) is 19.6. The summed E-state index contributed by atoms with van der Waals surface area (Å²) >= 11 is 0.983. The minimum atomic E-state index is -3.87. The van der Waals surface area contributed by atoms with Crippen LogP contribution in [0.3, 0.4) is 0 Å². The van der Waals surface area contributed by atoms with Gasteiger partial charge in [-0.3, -0.25) is 14.3 Å². The summed E-state index contributed by atoms with van der Waals surface area (Å²) in [7, 11) is -2.37. The number of furan rings is 1. The Bertz CT molecular complexity index is 1240. The molecular formula is C21H22N4O6S2. The lowest BCUT2D eigenvalue weighted by atomic mass is 10.2. The average molecular weight is 491 g/mol. The van der Waals surface area contributed by atoms with Gasteiger partial charge in [0, 0.05) is 26.2 Å². The number of piperazine rings is 1. The second-order valence-corrected chi connectivity index (χ2v) is 9.96. The number of amides is 2. The van der Waals surface area contributed by atoms with Gasteiger partial charge < -0.3 is 19.0 Å². The molecule has 3 heterocycles. The van der Waals surface area contributed by atoms with Crippen molar-refractivity contribution in [2.45, 2.75) is 11.8 Å². The third-order valence-corrected chi connectivity index (χ3v) is 7.71. The highest BCUT2D eigenvalue weighted by Gasteiger charge is 2.29. The van der Waals surface area contributed by atoms with Crippen molar-refractivity contribution in [1.82, 2.24) is 14.8 Å². The van der Waals surface area contributed by atoms with Crippen LogP contribution in [-0.4, -0.2) is 68.3 Å². The number of hydrogen-bond acceptors (Lipinski definition) is 8. The smallest absolute Gasteiger partial charge is 0.289 e. The molecule has 1 aliphatic heterocycles. The van der Waals surface area contributed by atoms with Crippen LogP contribution in [0.15, 0.2) is 52.0 Å². The molecule has 1 fully saturated rings. The second-order valence-electron chi connectivity index (χ2n) is 7.28. The summed E-state index contributed by atoms with van der Waals surface area (Å²) < 4.78 is 38.0. The number of nitrogens with zero attached hydrogens (tertiary/aromatic N) is 3. The number of aryl methyl sites for hydroxylation is 1. The third kappa shape index (κ3) is 4.86. The Morgan fingerprint density at radius 3 is 2.27 bits per heavy atom. The van der Waals surface area contributed by atoms with E-state index in [0.29, 0.717) is 42.5 Å². The largest absolute Gasteiger partial charge is 0.497 e. The number of methoxy groups -OCH3 is 1. The topological polar surface area (TPSA) is 122 Å². The molecule has 10 nitrogen and oxygen atoms in total. The van der Waals surface area contributed by atoms with Gasteiger partial charge in [-0.15, -0.1) is 0 Å². The van der Waals surface area contributed by atoms with Gasteiger partial charge in [0.1, 0.15) is 10.6 Å². The minimum Gasteiger partial charge on any atom is -0.497 e. The van der Waals surface area contributed by atoms with E-state index in [1.165, 1.54) is 25.5 Å². The van der Waals surface area contributed by atoms with Gasteiger partial charge in [0.15, 0.2) is 10.9 Å². The van der Waals surface area contributed by atoms with Crippen molar-refractivity contribution in [2.75, 3.05) is 38.0 Å². The number of aromatic nitrogens is 1. The van der Waals surface area contributed by atoms with Crippen LogP contribution in [0.25, 0.3) is 0 Å². The van der Waals surface area contributed by atoms with Crippen LogP contribution in [0.2, 0.25) is 0 Å². The molecule has 1 aromatic carbocycles. The molecule has 0 bridgehead atoms. The van der Waals surface area contributed by atoms with E-state index in [1.807, 2.05) is 0 Å². The molecule has 12 heteroatoms. The molecule has 0 radical (unpaired) electrons. The van der Waals surface area contributed by atoms with Gasteiger partial charge in [-0.25, -0.2) is 13.4 Å². The molecule has 4 rings (SSSR count). The maximum absolute atomic E-state index is 13.0. The van der Waals surface area contributed by atoms with Crippen LogP contribution in [0, 0.1) is 6.92 Å². The van der Waals surface area contributed by atoms with Gasteiger partial charge in [0.25, 0.3) is 21.8 Å². The fourth-order valence-electron chi connectivity index (χ4n) is 3.38.